The predicted octanol–water partition coefficient (Wildman–Crippen LogP) is 1.41. The van der Waals surface area contributed by atoms with E-state index in [9.17, 15) is 14.4 Å². The first-order chi connectivity index (χ1) is 12.9. The van der Waals surface area contributed by atoms with Crippen LogP contribution in [-0.4, -0.2) is 53.0 Å². The molecule has 1 aliphatic carbocycles. The fraction of sp³-hybridized carbons (Fsp3) is 0.526. The van der Waals surface area contributed by atoms with Gasteiger partial charge in [0.2, 0.25) is 0 Å². The van der Waals surface area contributed by atoms with Crippen molar-refractivity contribution >= 4 is 17.8 Å². The van der Waals surface area contributed by atoms with Gasteiger partial charge in [0.25, 0.3) is 11.8 Å². The highest BCUT2D eigenvalue weighted by molar-refractivity contribution is 6.07. The van der Waals surface area contributed by atoms with Crippen molar-refractivity contribution in [1.29, 1.82) is 0 Å². The van der Waals surface area contributed by atoms with Gasteiger partial charge in [-0.15, -0.1) is 0 Å². The Morgan fingerprint density at radius 3 is 2.52 bits per heavy atom. The highest BCUT2D eigenvalue weighted by Gasteiger charge is 2.47. The molecule has 2 N–H and O–H groups in total. The van der Waals surface area contributed by atoms with Crippen LogP contribution < -0.4 is 15.5 Å². The van der Waals surface area contributed by atoms with Gasteiger partial charge in [-0.25, -0.2) is 4.79 Å². The van der Waals surface area contributed by atoms with Crippen molar-refractivity contribution in [2.75, 3.05) is 13.7 Å². The van der Waals surface area contributed by atoms with E-state index in [1.165, 1.54) is 0 Å². The van der Waals surface area contributed by atoms with Gasteiger partial charge in [-0.3, -0.25) is 19.9 Å². The minimum atomic E-state index is -0.969. The normalized spacial score (nSPS) is 22.1. The average molecular weight is 374 g/mol. The van der Waals surface area contributed by atoms with Gasteiger partial charge in [0.15, 0.2) is 0 Å². The molecule has 8 heteroatoms. The lowest BCUT2D eigenvalue weighted by Crippen LogP contribution is -2.51. The summed E-state index contributed by atoms with van der Waals surface area (Å²) in [6.45, 7) is 4.21. The number of imide groups is 1. The number of nitrogens with zero attached hydrogens (tertiary/aromatic N) is 2. The summed E-state index contributed by atoms with van der Waals surface area (Å²) in [5, 5.41) is 3.42. The second kappa shape index (κ2) is 7.56. The molecule has 1 aliphatic heterocycles. The van der Waals surface area contributed by atoms with E-state index >= 15 is 0 Å². The van der Waals surface area contributed by atoms with Crippen LogP contribution in [0, 0.1) is 0 Å². The third-order valence-electron chi connectivity index (χ3n) is 5.16. The third kappa shape index (κ3) is 4.21. The predicted molar refractivity (Wildman–Crippen MR) is 98.6 cm³/mol. The van der Waals surface area contributed by atoms with Gasteiger partial charge in [0, 0.05) is 12.6 Å². The Morgan fingerprint density at radius 1 is 1.33 bits per heavy atom. The molecule has 2 fully saturated rings. The fourth-order valence-electron chi connectivity index (χ4n) is 3.09. The molecule has 0 radical (unpaired) electrons. The molecule has 1 atom stereocenters. The van der Waals surface area contributed by atoms with Gasteiger partial charge in [0.1, 0.15) is 11.3 Å². The molecule has 0 bridgehead atoms. The van der Waals surface area contributed by atoms with Gasteiger partial charge in [-0.2, -0.15) is 5.01 Å². The molecular formula is C19H26N4O4. The van der Waals surface area contributed by atoms with Crippen molar-refractivity contribution in [2.45, 2.75) is 51.2 Å². The average Bonchev–Trinajstić information content (AvgIpc) is 3.47. The van der Waals surface area contributed by atoms with Crippen molar-refractivity contribution in [3.05, 3.63) is 29.8 Å². The molecule has 27 heavy (non-hydrogen) atoms. The number of nitrogens with one attached hydrogen (secondary N) is 2. The topological polar surface area (TPSA) is 91.0 Å². The van der Waals surface area contributed by atoms with Crippen LogP contribution in [-0.2, 0) is 16.1 Å². The molecule has 1 heterocycles. The molecule has 2 aliphatic rings. The summed E-state index contributed by atoms with van der Waals surface area (Å²) in [5.41, 5.74) is 2.56. The first-order valence-electron chi connectivity index (χ1n) is 9.19. The lowest BCUT2D eigenvalue weighted by Gasteiger charge is -2.23. The van der Waals surface area contributed by atoms with Gasteiger partial charge in [-0.1, -0.05) is 19.1 Å². The molecule has 1 aromatic rings. The summed E-state index contributed by atoms with van der Waals surface area (Å²) in [5.74, 6) is -0.0252. The fourth-order valence-corrected chi connectivity index (χ4v) is 3.09. The number of urea groups is 1. The second-order valence-electron chi connectivity index (χ2n) is 7.28. The van der Waals surface area contributed by atoms with Crippen LogP contribution >= 0.6 is 0 Å². The molecular weight excluding hydrogens is 348 g/mol. The number of rotatable bonds is 8. The molecule has 4 amide bonds. The zero-order valence-electron chi connectivity index (χ0n) is 15.9. The Kier molecular flexibility index (Phi) is 5.36. The Hall–Kier alpha value is -2.61. The number of hydrazine groups is 1. The number of hydrogen-bond donors (Lipinski definition) is 2. The summed E-state index contributed by atoms with van der Waals surface area (Å²) in [6.07, 6.45) is 2.54. The summed E-state index contributed by atoms with van der Waals surface area (Å²) in [7, 11) is 1.62. The number of amides is 4. The number of hydrogen-bond acceptors (Lipinski definition) is 5. The molecule has 3 rings (SSSR count). The van der Waals surface area contributed by atoms with E-state index in [1.807, 2.05) is 31.2 Å². The minimum absolute atomic E-state index is 0.122. The Morgan fingerprint density at radius 2 is 2.00 bits per heavy atom. The summed E-state index contributed by atoms with van der Waals surface area (Å²) in [6, 6.07) is 7.47. The van der Waals surface area contributed by atoms with Crippen molar-refractivity contribution in [3.63, 3.8) is 0 Å². The minimum Gasteiger partial charge on any atom is -0.497 e. The van der Waals surface area contributed by atoms with E-state index in [0.717, 1.165) is 29.2 Å². The van der Waals surface area contributed by atoms with Crippen LogP contribution in [0.3, 0.4) is 0 Å². The molecule has 1 aromatic carbocycles. The van der Waals surface area contributed by atoms with Crippen LogP contribution in [0.4, 0.5) is 4.79 Å². The highest BCUT2D eigenvalue weighted by atomic mass is 16.5. The maximum absolute atomic E-state index is 12.5. The van der Waals surface area contributed by atoms with E-state index in [2.05, 4.69) is 15.6 Å². The third-order valence-corrected chi connectivity index (χ3v) is 5.16. The van der Waals surface area contributed by atoms with Crippen LogP contribution in [0.5, 0.6) is 5.75 Å². The van der Waals surface area contributed by atoms with Crippen LogP contribution in [0.1, 0.15) is 38.7 Å². The largest absolute Gasteiger partial charge is 0.497 e. The van der Waals surface area contributed by atoms with Gasteiger partial charge in [-0.05, 0) is 43.9 Å². The number of ether oxygens (including phenoxy) is 1. The lowest BCUT2D eigenvalue weighted by molar-refractivity contribution is -0.139. The van der Waals surface area contributed by atoms with E-state index in [0.29, 0.717) is 19.0 Å². The van der Waals surface area contributed by atoms with Gasteiger partial charge >= 0.3 is 6.03 Å². The second-order valence-corrected chi connectivity index (χ2v) is 7.28. The standard InChI is InChI=1S/C19H26N4O4/c1-4-19(2)17(25)23(18(26)20-19)21-16(24)12-22(14-7-8-14)11-13-5-9-15(27-3)10-6-13/h5-6,9-10,14H,4,7-8,11-12H2,1-3H3,(H,20,26)(H,21,24). The zero-order chi connectivity index (χ0) is 19.6. The Bertz CT molecular complexity index is 732. The summed E-state index contributed by atoms with van der Waals surface area (Å²) in [4.78, 5) is 39.0. The lowest BCUT2D eigenvalue weighted by atomic mass is 10.00. The quantitative estimate of drug-likeness (QED) is 0.672. The molecule has 8 nitrogen and oxygen atoms in total. The number of carbonyl (C=O) groups is 3. The number of carbonyl (C=O) groups excluding carboxylic acids is 3. The molecule has 1 saturated carbocycles. The monoisotopic (exact) mass is 374 g/mol. The smallest absolute Gasteiger partial charge is 0.344 e. The van der Waals surface area contributed by atoms with E-state index < -0.39 is 17.5 Å². The van der Waals surface area contributed by atoms with E-state index in [4.69, 9.17) is 4.74 Å². The molecule has 0 aromatic heterocycles. The highest BCUT2D eigenvalue weighted by Crippen LogP contribution is 2.28. The van der Waals surface area contributed by atoms with E-state index in [1.54, 1.807) is 14.0 Å². The van der Waals surface area contributed by atoms with Crippen molar-refractivity contribution in [1.82, 2.24) is 20.7 Å². The van der Waals surface area contributed by atoms with Gasteiger partial charge < -0.3 is 10.1 Å². The van der Waals surface area contributed by atoms with Crippen molar-refractivity contribution in [2.24, 2.45) is 0 Å². The molecule has 146 valence electrons. The maximum Gasteiger partial charge on any atom is 0.344 e. The van der Waals surface area contributed by atoms with Crippen molar-refractivity contribution in [3.8, 4) is 5.75 Å². The molecule has 1 unspecified atom stereocenters. The Balaban J connectivity index is 1.60. The number of methoxy groups -OCH3 is 1. The first kappa shape index (κ1) is 19.2. The summed E-state index contributed by atoms with van der Waals surface area (Å²) >= 11 is 0. The first-order valence-corrected chi connectivity index (χ1v) is 9.19. The van der Waals surface area contributed by atoms with Crippen LogP contribution in [0.15, 0.2) is 24.3 Å². The number of benzene rings is 1. The van der Waals surface area contributed by atoms with Crippen molar-refractivity contribution < 1.29 is 19.1 Å². The van der Waals surface area contributed by atoms with Crippen LogP contribution in [0.25, 0.3) is 0 Å². The summed E-state index contributed by atoms with van der Waals surface area (Å²) < 4.78 is 5.17. The molecule has 0 spiro atoms. The van der Waals surface area contributed by atoms with Crippen LogP contribution in [0.2, 0.25) is 0 Å². The Labute approximate surface area is 158 Å². The van der Waals surface area contributed by atoms with Gasteiger partial charge in [0.05, 0.1) is 13.7 Å². The maximum atomic E-state index is 12.5. The van der Waals surface area contributed by atoms with E-state index in [-0.39, 0.29) is 12.5 Å². The SMILES string of the molecule is CCC1(C)NC(=O)N(NC(=O)CN(Cc2ccc(OC)cc2)C2CC2)C1=O. The zero-order valence-corrected chi connectivity index (χ0v) is 15.9. The molecule has 1 saturated heterocycles.